The largest absolute Gasteiger partial charge is 0.494 e. The van der Waals surface area contributed by atoms with Crippen LogP contribution in [0.25, 0.3) is 11.0 Å². The third kappa shape index (κ3) is 4.88. The Bertz CT molecular complexity index is 1360. The Hall–Kier alpha value is -3.60. The van der Waals surface area contributed by atoms with E-state index < -0.39 is 0 Å². The summed E-state index contributed by atoms with van der Waals surface area (Å²) in [5.74, 6) is 2.21. The topological polar surface area (TPSA) is 47.4 Å². The van der Waals surface area contributed by atoms with E-state index in [-0.39, 0.29) is 11.8 Å². The fraction of sp³-hybridized carbons (Fsp3) is 0.355. The average molecular weight is 482 g/mol. The highest BCUT2D eigenvalue weighted by molar-refractivity contribution is 5.97. The van der Waals surface area contributed by atoms with Crippen molar-refractivity contribution in [1.82, 2.24) is 9.55 Å². The minimum absolute atomic E-state index is 0.0816. The average Bonchev–Trinajstić information content (AvgIpc) is 3.46. The molecule has 1 aromatic heterocycles. The summed E-state index contributed by atoms with van der Waals surface area (Å²) in [6.07, 6.45) is 3.48. The molecule has 0 aliphatic carbocycles. The molecule has 3 aromatic carbocycles. The van der Waals surface area contributed by atoms with Gasteiger partial charge in [0, 0.05) is 31.1 Å². The number of hydrogen-bond donors (Lipinski definition) is 0. The van der Waals surface area contributed by atoms with E-state index in [4.69, 9.17) is 9.72 Å². The highest BCUT2D eigenvalue weighted by Crippen LogP contribution is 2.35. The van der Waals surface area contributed by atoms with E-state index in [1.165, 1.54) is 16.7 Å². The van der Waals surface area contributed by atoms with E-state index >= 15 is 0 Å². The van der Waals surface area contributed by atoms with Crippen molar-refractivity contribution in [2.75, 3.05) is 18.1 Å². The number of unbranched alkanes of at least 4 members (excludes halogenated alkanes) is 1. The maximum absolute atomic E-state index is 13.1. The summed E-state index contributed by atoms with van der Waals surface area (Å²) < 4.78 is 8.29. The van der Waals surface area contributed by atoms with Gasteiger partial charge in [0.2, 0.25) is 5.91 Å². The fourth-order valence-electron chi connectivity index (χ4n) is 5.17. The molecule has 0 saturated carbocycles. The molecule has 36 heavy (non-hydrogen) atoms. The van der Waals surface area contributed by atoms with Crippen molar-refractivity contribution in [3.63, 3.8) is 0 Å². The van der Waals surface area contributed by atoms with Gasteiger partial charge < -0.3 is 14.2 Å². The zero-order chi connectivity index (χ0) is 25.1. The van der Waals surface area contributed by atoms with Gasteiger partial charge in [0.15, 0.2) is 0 Å². The first kappa shape index (κ1) is 24.1. The monoisotopic (exact) mass is 481 g/mol. The zero-order valence-corrected chi connectivity index (χ0v) is 21.5. The first-order valence-electron chi connectivity index (χ1n) is 13.1. The molecule has 5 heteroatoms. The van der Waals surface area contributed by atoms with E-state index in [0.717, 1.165) is 54.1 Å². The zero-order valence-electron chi connectivity index (χ0n) is 21.5. The molecule has 1 unspecified atom stereocenters. The second-order valence-electron chi connectivity index (χ2n) is 9.79. The third-order valence-electron chi connectivity index (χ3n) is 7.42. The van der Waals surface area contributed by atoms with Crippen LogP contribution < -0.4 is 9.64 Å². The predicted molar refractivity (Wildman–Crippen MR) is 146 cm³/mol. The predicted octanol–water partition coefficient (Wildman–Crippen LogP) is 6.60. The number of nitrogens with zero attached hydrogens (tertiary/aromatic N) is 3. The van der Waals surface area contributed by atoms with E-state index in [1.54, 1.807) is 0 Å². The third-order valence-corrected chi connectivity index (χ3v) is 7.42. The summed E-state index contributed by atoms with van der Waals surface area (Å²) in [5.41, 5.74) is 6.86. The van der Waals surface area contributed by atoms with Crippen LogP contribution in [-0.2, 0) is 17.8 Å². The van der Waals surface area contributed by atoms with Crippen molar-refractivity contribution in [2.24, 2.45) is 0 Å². The second-order valence-corrected chi connectivity index (χ2v) is 9.79. The van der Waals surface area contributed by atoms with Gasteiger partial charge in [0.05, 0.1) is 17.6 Å². The normalized spacial score (nSPS) is 15.7. The number of ether oxygens (including phenoxy) is 1. The molecule has 0 radical (unpaired) electrons. The Kier molecular flexibility index (Phi) is 7.08. The summed E-state index contributed by atoms with van der Waals surface area (Å²) in [6, 6.07) is 22.9. The fourth-order valence-corrected chi connectivity index (χ4v) is 5.17. The van der Waals surface area contributed by atoms with Gasteiger partial charge >= 0.3 is 0 Å². The van der Waals surface area contributed by atoms with Gasteiger partial charge in [-0.25, -0.2) is 4.98 Å². The van der Waals surface area contributed by atoms with Gasteiger partial charge in [-0.05, 0) is 80.1 Å². The van der Waals surface area contributed by atoms with E-state index in [2.05, 4.69) is 79.9 Å². The van der Waals surface area contributed by atoms with Crippen LogP contribution in [-0.4, -0.2) is 28.6 Å². The first-order valence-corrected chi connectivity index (χ1v) is 13.1. The molecule has 1 saturated heterocycles. The number of hydrogen-bond acceptors (Lipinski definition) is 3. The maximum Gasteiger partial charge on any atom is 0.227 e. The molecular formula is C31H35N3O2. The molecule has 186 valence electrons. The van der Waals surface area contributed by atoms with Crippen molar-refractivity contribution in [2.45, 2.75) is 58.9 Å². The number of anilines is 1. The Morgan fingerprint density at radius 1 is 0.972 bits per heavy atom. The van der Waals surface area contributed by atoms with Crippen LogP contribution in [0.3, 0.4) is 0 Å². The summed E-state index contributed by atoms with van der Waals surface area (Å²) in [6.45, 7) is 8.58. The molecular weight excluding hydrogens is 446 g/mol. The number of aryl methyl sites for hydroxylation is 3. The lowest BCUT2D eigenvalue weighted by Crippen LogP contribution is -2.25. The molecule has 1 aliphatic rings. The Labute approximate surface area is 213 Å². The van der Waals surface area contributed by atoms with Crippen molar-refractivity contribution in [3.8, 4) is 5.75 Å². The Balaban J connectivity index is 1.29. The van der Waals surface area contributed by atoms with Crippen LogP contribution in [0.4, 0.5) is 5.69 Å². The minimum Gasteiger partial charge on any atom is -0.494 e. The van der Waals surface area contributed by atoms with Gasteiger partial charge in [-0.15, -0.1) is 0 Å². The van der Waals surface area contributed by atoms with Gasteiger partial charge in [-0.2, -0.15) is 0 Å². The smallest absolute Gasteiger partial charge is 0.227 e. The lowest BCUT2D eigenvalue weighted by molar-refractivity contribution is -0.117. The van der Waals surface area contributed by atoms with Crippen LogP contribution in [0.2, 0.25) is 0 Å². The van der Waals surface area contributed by atoms with Gasteiger partial charge in [0.1, 0.15) is 11.6 Å². The summed E-state index contributed by atoms with van der Waals surface area (Å²) >= 11 is 0. The van der Waals surface area contributed by atoms with Crippen molar-refractivity contribution < 1.29 is 9.53 Å². The van der Waals surface area contributed by atoms with Crippen LogP contribution in [0, 0.1) is 13.8 Å². The van der Waals surface area contributed by atoms with Crippen LogP contribution in [0.5, 0.6) is 5.75 Å². The number of imidazole rings is 1. The van der Waals surface area contributed by atoms with E-state index in [9.17, 15) is 4.79 Å². The van der Waals surface area contributed by atoms with Gasteiger partial charge in [0.25, 0.3) is 0 Å². The van der Waals surface area contributed by atoms with Crippen molar-refractivity contribution in [3.05, 3.63) is 89.2 Å². The molecule has 2 heterocycles. The lowest BCUT2D eigenvalue weighted by Gasteiger charge is -2.20. The quantitative estimate of drug-likeness (QED) is 0.253. The number of aromatic nitrogens is 2. The Morgan fingerprint density at radius 2 is 1.78 bits per heavy atom. The number of carbonyl (C=O) groups excluding carboxylic acids is 1. The van der Waals surface area contributed by atoms with E-state index in [1.807, 2.05) is 17.0 Å². The van der Waals surface area contributed by atoms with E-state index in [0.29, 0.717) is 19.6 Å². The number of amides is 1. The molecule has 1 atom stereocenters. The molecule has 1 aliphatic heterocycles. The minimum atomic E-state index is 0.0816. The van der Waals surface area contributed by atoms with Crippen LogP contribution in [0.15, 0.2) is 66.7 Å². The molecule has 4 aromatic rings. The molecule has 0 bridgehead atoms. The number of benzene rings is 3. The first-order chi connectivity index (χ1) is 17.5. The molecule has 1 amide bonds. The van der Waals surface area contributed by atoms with Crippen LogP contribution in [0.1, 0.15) is 54.6 Å². The molecule has 0 N–H and O–H groups in total. The summed E-state index contributed by atoms with van der Waals surface area (Å²) in [4.78, 5) is 20.1. The highest BCUT2D eigenvalue weighted by atomic mass is 16.5. The van der Waals surface area contributed by atoms with Crippen molar-refractivity contribution in [1.29, 1.82) is 0 Å². The number of fused-ring (bicyclic) bond motifs is 1. The van der Waals surface area contributed by atoms with Crippen molar-refractivity contribution >= 4 is 22.6 Å². The van der Waals surface area contributed by atoms with Gasteiger partial charge in [-0.1, -0.05) is 43.3 Å². The lowest BCUT2D eigenvalue weighted by atomic mass is 10.1. The SMILES string of the molecule is CCc1ccc(OCCCCn2c(C3CC(=O)N(c4cccc(C)c4C)C3)nc3ccccc32)cc1. The number of rotatable bonds is 9. The van der Waals surface area contributed by atoms with Crippen LogP contribution >= 0.6 is 0 Å². The molecule has 5 nitrogen and oxygen atoms in total. The standard InChI is InChI=1S/C31H35N3O2/c1-4-24-14-16-26(17-15-24)36-19-8-7-18-33-29-12-6-5-11-27(29)32-31(33)25-20-30(35)34(21-25)28-13-9-10-22(2)23(28)3/h5-6,9-17,25H,4,7-8,18-21H2,1-3H3. The summed E-state index contributed by atoms with van der Waals surface area (Å²) in [7, 11) is 0. The molecule has 0 spiro atoms. The molecule has 5 rings (SSSR count). The number of para-hydroxylation sites is 2. The summed E-state index contributed by atoms with van der Waals surface area (Å²) in [5, 5.41) is 0. The highest BCUT2D eigenvalue weighted by Gasteiger charge is 2.35. The second kappa shape index (κ2) is 10.6. The maximum atomic E-state index is 13.1. The van der Waals surface area contributed by atoms with Gasteiger partial charge in [-0.3, -0.25) is 4.79 Å². The Morgan fingerprint density at radius 3 is 2.58 bits per heavy atom. The molecule has 1 fully saturated rings. The number of carbonyl (C=O) groups is 1.